The van der Waals surface area contributed by atoms with Crippen LogP contribution in [0.5, 0.6) is 0 Å². The van der Waals surface area contributed by atoms with Crippen LogP contribution in [-0.4, -0.2) is 26.6 Å². The van der Waals surface area contributed by atoms with Gasteiger partial charge in [0.05, 0.1) is 24.8 Å². The molecule has 2 aromatic heterocycles. The van der Waals surface area contributed by atoms with Gasteiger partial charge in [0.25, 0.3) is 0 Å². The Kier molecular flexibility index (Phi) is 3.83. The lowest BCUT2D eigenvalue weighted by atomic mass is 9.92. The molecular formula is C19H20N4O3. The molecule has 1 saturated heterocycles. The highest BCUT2D eigenvalue weighted by Crippen LogP contribution is 2.40. The smallest absolute Gasteiger partial charge is 0.247 e. The molecule has 7 heteroatoms. The van der Waals surface area contributed by atoms with Gasteiger partial charge in [-0.15, -0.1) is 10.2 Å². The van der Waals surface area contributed by atoms with Crippen molar-refractivity contribution >= 4 is 0 Å². The summed E-state index contributed by atoms with van der Waals surface area (Å²) in [5.41, 5.74) is 4.38. The van der Waals surface area contributed by atoms with Crippen LogP contribution in [0.2, 0.25) is 0 Å². The van der Waals surface area contributed by atoms with E-state index in [4.69, 9.17) is 13.9 Å². The molecular weight excluding hydrogens is 332 g/mol. The largest absolute Gasteiger partial charge is 0.420 e. The van der Waals surface area contributed by atoms with E-state index < -0.39 is 0 Å². The summed E-state index contributed by atoms with van der Waals surface area (Å²) in [6.45, 7) is 2.05. The molecule has 0 amide bonds. The van der Waals surface area contributed by atoms with Crippen LogP contribution in [0.1, 0.15) is 47.6 Å². The van der Waals surface area contributed by atoms with Gasteiger partial charge in [0, 0.05) is 25.4 Å². The fourth-order valence-corrected chi connectivity index (χ4v) is 3.79. The van der Waals surface area contributed by atoms with Crippen molar-refractivity contribution in [1.82, 2.24) is 20.0 Å². The zero-order chi connectivity index (χ0) is 17.5. The number of ether oxygens (including phenoxy) is 2. The predicted molar refractivity (Wildman–Crippen MR) is 92.1 cm³/mol. The summed E-state index contributed by atoms with van der Waals surface area (Å²) in [6, 6.07) is 8.15. The summed E-state index contributed by atoms with van der Waals surface area (Å²) in [4.78, 5) is 0. The fourth-order valence-electron chi connectivity index (χ4n) is 3.79. The summed E-state index contributed by atoms with van der Waals surface area (Å²) >= 11 is 0. The van der Waals surface area contributed by atoms with Crippen LogP contribution < -0.4 is 0 Å². The van der Waals surface area contributed by atoms with Gasteiger partial charge in [-0.1, -0.05) is 6.07 Å². The molecule has 5 rings (SSSR count). The minimum absolute atomic E-state index is 0.0400. The molecule has 0 unspecified atom stereocenters. The normalized spacial score (nSPS) is 22.5. The summed E-state index contributed by atoms with van der Waals surface area (Å²) in [7, 11) is 1.93. The van der Waals surface area contributed by atoms with Crippen LogP contribution >= 0.6 is 0 Å². The van der Waals surface area contributed by atoms with Crippen LogP contribution in [-0.2, 0) is 29.7 Å². The first-order chi connectivity index (χ1) is 12.8. The number of rotatable bonds is 3. The predicted octanol–water partition coefficient (Wildman–Crippen LogP) is 3.14. The number of hydrogen-bond donors (Lipinski definition) is 0. The first-order valence-corrected chi connectivity index (χ1v) is 8.92. The maximum Gasteiger partial charge on any atom is 0.247 e. The maximum absolute atomic E-state index is 6.06. The number of hydrogen-bond acceptors (Lipinski definition) is 6. The number of benzene rings is 1. The van der Waals surface area contributed by atoms with Gasteiger partial charge >= 0.3 is 0 Å². The van der Waals surface area contributed by atoms with Crippen molar-refractivity contribution in [2.24, 2.45) is 7.05 Å². The number of aromatic nitrogens is 4. The standard InChI is InChI=1S/C19H20N4O3/c1-23-16(6-7-20-23)17-15(3-2-8-25-17)19-22-21-18(26-19)12-4-5-13-10-24-11-14(13)9-12/h4-7,9,15,17H,2-3,8,10-11H2,1H3/t15-,17-/m1/s1. The zero-order valence-corrected chi connectivity index (χ0v) is 14.6. The second-order valence-electron chi connectivity index (χ2n) is 6.84. The Labute approximate surface area is 150 Å². The van der Waals surface area contributed by atoms with E-state index in [2.05, 4.69) is 27.4 Å². The molecule has 0 aliphatic carbocycles. The van der Waals surface area contributed by atoms with Crippen LogP contribution in [0, 0.1) is 0 Å². The van der Waals surface area contributed by atoms with E-state index in [1.165, 1.54) is 11.1 Å². The minimum Gasteiger partial charge on any atom is -0.420 e. The Morgan fingerprint density at radius 2 is 2.04 bits per heavy atom. The average molecular weight is 352 g/mol. The van der Waals surface area contributed by atoms with Gasteiger partial charge in [0.2, 0.25) is 11.8 Å². The highest BCUT2D eigenvalue weighted by molar-refractivity contribution is 5.55. The summed E-state index contributed by atoms with van der Waals surface area (Å²) in [6.07, 6.45) is 3.61. The molecule has 1 fully saturated rings. The average Bonchev–Trinajstić information content (AvgIpc) is 3.41. The first-order valence-electron chi connectivity index (χ1n) is 8.92. The quantitative estimate of drug-likeness (QED) is 0.721. The Morgan fingerprint density at radius 3 is 2.92 bits per heavy atom. The van der Waals surface area contributed by atoms with Gasteiger partial charge < -0.3 is 13.9 Å². The molecule has 1 aromatic carbocycles. The molecule has 0 bridgehead atoms. The third-order valence-corrected chi connectivity index (χ3v) is 5.20. The number of nitrogens with zero attached hydrogens (tertiary/aromatic N) is 4. The molecule has 2 atom stereocenters. The molecule has 4 heterocycles. The first kappa shape index (κ1) is 15.7. The lowest BCUT2D eigenvalue weighted by Gasteiger charge is -2.29. The molecule has 0 saturated carbocycles. The van der Waals surface area contributed by atoms with Crippen molar-refractivity contribution in [3.63, 3.8) is 0 Å². The molecule has 2 aliphatic rings. The molecule has 134 valence electrons. The van der Waals surface area contributed by atoms with Crippen molar-refractivity contribution in [2.45, 2.75) is 38.1 Å². The lowest BCUT2D eigenvalue weighted by molar-refractivity contribution is -0.0135. The van der Waals surface area contributed by atoms with Crippen LogP contribution in [0.15, 0.2) is 34.9 Å². The van der Waals surface area contributed by atoms with Gasteiger partial charge in [0.15, 0.2) is 0 Å². The summed E-state index contributed by atoms with van der Waals surface area (Å²) in [5, 5.41) is 12.9. The third kappa shape index (κ3) is 2.64. The van der Waals surface area contributed by atoms with E-state index in [1.54, 1.807) is 6.20 Å². The van der Waals surface area contributed by atoms with Gasteiger partial charge in [-0.2, -0.15) is 5.10 Å². The summed E-state index contributed by atoms with van der Waals surface area (Å²) in [5.74, 6) is 1.21. The van der Waals surface area contributed by atoms with E-state index in [0.29, 0.717) is 25.0 Å². The molecule has 0 radical (unpaired) electrons. The van der Waals surface area contributed by atoms with Crippen molar-refractivity contribution in [2.75, 3.05) is 6.61 Å². The van der Waals surface area contributed by atoms with E-state index in [0.717, 1.165) is 30.7 Å². The van der Waals surface area contributed by atoms with Gasteiger partial charge in [0.1, 0.15) is 6.10 Å². The molecule has 7 nitrogen and oxygen atoms in total. The molecule has 26 heavy (non-hydrogen) atoms. The topological polar surface area (TPSA) is 75.2 Å². The van der Waals surface area contributed by atoms with E-state index in [-0.39, 0.29) is 12.0 Å². The lowest BCUT2D eigenvalue weighted by Crippen LogP contribution is -2.23. The van der Waals surface area contributed by atoms with Crippen LogP contribution in [0.3, 0.4) is 0 Å². The second-order valence-corrected chi connectivity index (χ2v) is 6.84. The molecule has 3 aromatic rings. The van der Waals surface area contributed by atoms with Gasteiger partial charge in [-0.3, -0.25) is 4.68 Å². The van der Waals surface area contributed by atoms with E-state index in [1.807, 2.05) is 23.9 Å². The Bertz CT molecular complexity index is 933. The minimum atomic E-state index is -0.113. The third-order valence-electron chi connectivity index (χ3n) is 5.20. The van der Waals surface area contributed by atoms with Crippen LogP contribution in [0.4, 0.5) is 0 Å². The van der Waals surface area contributed by atoms with E-state index >= 15 is 0 Å². The van der Waals surface area contributed by atoms with Crippen molar-refractivity contribution < 1.29 is 13.9 Å². The SMILES string of the molecule is Cn1nccc1[C@@H]1OCCC[C@H]1c1nnc(-c2ccc3c(c2)COC3)o1. The van der Waals surface area contributed by atoms with E-state index in [9.17, 15) is 0 Å². The van der Waals surface area contributed by atoms with Crippen LogP contribution in [0.25, 0.3) is 11.5 Å². The molecule has 0 N–H and O–H groups in total. The highest BCUT2D eigenvalue weighted by Gasteiger charge is 2.34. The van der Waals surface area contributed by atoms with Gasteiger partial charge in [-0.05, 0) is 42.2 Å². The second kappa shape index (κ2) is 6.34. The van der Waals surface area contributed by atoms with Crippen molar-refractivity contribution in [3.8, 4) is 11.5 Å². The zero-order valence-electron chi connectivity index (χ0n) is 14.6. The number of aryl methyl sites for hydroxylation is 1. The van der Waals surface area contributed by atoms with Crippen molar-refractivity contribution in [1.29, 1.82) is 0 Å². The monoisotopic (exact) mass is 352 g/mol. The Hall–Kier alpha value is -2.51. The molecule has 2 aliphatic heterocycles. The molecule has 0 spiro atoms. The Morgan fingerprint density at radius 1 is 1.12 bits per heavy atom. The highest BCUT2D eigenvalue weighted by atomic mass is 16.5. The number of fused-ring (bicyclic) bond motifs is 1. The maximum atomic E-state index is 6.06. The van der Waals surface area contributed by atoms with Gasteiger partial charge in [-0.25, -0.2) is 0 Å². The van der Waals surface area contributed by atoms with Crippen molar-refractivity contribution in [3.05, 3.63) is 53.2 Å². The Balaban J connectivity index is 1.46. The fraction of sp³-hybridized carbons (Fsp3) is 0.421. The summed E-state index contributed by atoms with van der Waals surface area (Å²) < 4.78 is 19.4.